The molecule has 0 aromatic rings. The number of hydrogen-bond donors (Lipinski definition) is 7. The first-order valence-corrected chi connectivity index (χ1v) is 16.1. The molecule has 15 nitrogen and oxygen atoms in total. The molecule has 7 N–H and O–H groups in total. The maximum atomic E-state index is 10.9. The van der Waals surface area contributed by atoms with E-state index in [0.29, 0.717) is 18.9 Å². The third-order valence-corrected chi connectivity index (χ3v) is 6.87. The largest absolute Gasteiger partial charge is 0.394 e. The standard InChI is InChI=1S/C26H50O15.2C2H6/c1-5-6-8-35-12-18-23(32)41-24(33)26(40-18)39-17(19(29)15(10-27)34-4)13-37-22-20(30)16(11-28)38-25(21(22)31)36-9-7-14(2)3;2*1-2/h14-33H,5-13H2,1-4H3;2*1-2H3. The maximum absolute atomic E-state index is 10.9. The van der Waals surface area contributed by atoms with Crippen LogP contribution in [0.2, 0.25) is 0 Å². The fourth-order valence-electron chi connectivity index (χ4n) is 4.23. The lowest BCUT2D eigenvalue weighted by Gasteiger charge is -2.43. The van der Waals surface area contributed by atoms with E-state index in [9.17, 15) is 35.7 Å². The first-order chi connectivity index (χ1) is 21.6. The Hall–Kier alpha value is -0.600. The predicted molar refractivity (Wildman–Crippen MR) is 162 cm³/mol. The summed E-state index contributed by atoms with van der Waals surface area (Å²) in [6.07, 6.45) is -14.2. The van der Waals surface area contributed by atoms with Gasteiger partial charge in [-0.25, -0.2) is 0 Å². The van der Waals surface area contributed by atoms with E-state index in [1.807, 2.05) is 48.5 Å². The molecule has 0 aromatic carbocycles. The van der Waals surface area contributed by atoms with Gasteiger partial charge in [0, 0.05) is 13.7 Å². The molecule has 2 aliphatic rings. The highest BCUT2D eigenvalue weighted by Gasteiger charge is 2.47. The Morgan fingerprint density at radius 3 is 1.98 bits per heavy atom. The molecule has 0 aliphatic carbocycles. The minimum atomic E-state index is -1.77. The summed E-state index contributed by atoms with van der Waals surface area (Å²) in [6.45, 7) is 12.9. The Morgan fingerprint density at radius 2 is 1.42 bits per heavy atom. The molecule has 12 atom stereocenters. The van der Waals surface area contributed by atoms with Crippen molar-refractivity contribution >= 4 is 0 Å². The molecule has 12 unspecified atom stereocenters. The second-order valence-corrected chi connectivity index (χ2v) is 10.6. The topological polar surface area (TPSA) is 215 Å². The van der Waals surface area contributed by atoms with Crippen molar-refractivity contribution in [1.82, 2.24) is 0 Å². The summed E-state index contributed by atoms with van der Waals surface area (Å²) < 4.78 is 44.1. The van der Waals surface area contributed by atoms with Crippen molar-refractivity contribution in [3.05, 3.63) is 0 Å². The van der Waals surface area contributed by atoms with Crippen LogP contribution in [0.3, 0.4) is 0 Å². The predicted octanol–water partition coefficient (Wildman–Crippen LogP) is -0.126. The summed E-state index contributed by atoms with van der Waals surface area (Å²) in [5, 5.41) is 72.4. The Labute approximate surface area is 268 Å². The van der Waals surface area contributed by atoms with Gasteiger partial charge in [0.15, 0.2) is 12.6 Å². The van der Waals surface area contributed by atoms with E-state index in [1.54, 1.807) is 0 Å². The third kappa shape index (κ3) is 15.0. The van der Waals surface area contributed by atoms with E-state index < -0.39 is 93.8 Å². The van der Waals surface area contributed by atoms with Crippen molar-refractivity contribution in [1.29, 1.82) is 0 Å². The van der Waals surface area contributed by atoms with Gasteiger partial charge < -0.3 is 73.6 Å². The second-order valence-electron chi connectivity index (χ2n) is 10.6. The molecule has 2 fully saturated rings. The molecule has 0 amide bonds. The summed E-state index contributed by atoms with van der Waals surface area (Å²) in [4.78, 5) is 0. The van der Waals surface area contributed by atoms with Crippen LogP contribution >= 0.6 is 0 Å². The molecule has 0 spiro atoms. The van der Waals surface area contributed by atoms with Crippen LogP contribution in [0.25, 0.3) is 0 Å². The van der Waals surface area contributed by atoms with Crippen LogP contribution in [-0.2, 0) is 37.9 Å². The number of aliphatic hydroxyl groups is 7. The molecule has 0 aromatic heterocycles. The molecular weight excluding hydrogens is 600 g/mol. The van der Waals surface area contributed by atoms with Gasteiger partial charge in [0.25, 0.3) is 0 Å². The van der Waals surface area contributed by atoms with Crippen LogP contribution in [-0.4, -0.2) is 156 Å². The minimum Gasteiger partial charge on any atom is -0.394 e. The zero-order chi connectivity index (χ0) is 34.5. The van der Waals surface area contributed by atoms with E-state index >= 15 is 0 Å². The fourth-order valence-corrected chi connectivity index (χ4v) is 4.23. The van der Waals surface area contributed by atoms with Crippen molar-refractivity contribution in [2.45, 2.75) is 142 Å². The molecule has 0 saturated carbocycles. The van der Waals surface area contributed by atoms with Crippen LogP contribution in [0.15, 0.2) is 0 Å². The van der Waals surface area contributed by atoms with Crippen LogP contribution < -0.4 is 0 Å². The van der Waals surface area contributed by atoms with E-state index in [-0.39, 0.29) is 13.2 Å². The number of aliphatic hydroxyl groups excluding tert-OH is 7. The number of rotatable bonds is 19. The van der Waals surface area contributed by atoms with Gasteiger partial charge in [0.2, 0.25) is 12.6 Å². The Kier molecular flexibility index (Phi) is 25.1. The summed E-state index contributed by atoms with van der Waals surface area (Å²) in [6, 6.07) is 0. The van der Waals surface area contributed by atoms with Gasteiger partial charge in [0.1, 0.15) is 48.8 Å². The van der Waals surface area contributed by atoms with Crippen molar-refractivity contribution < 1.29 is 73.6 Å². The van der Waals surface area contributed by atoms with Gasteiger partial charge in [-0.3, -0.25) is 0 Å². The highest BCUT2D eigenvalue weighted by Crippen LogP contribution is 2.27. The van der Waals surface area contributed by atoms with Crippen LogP contribution in [0.4, 0.5) is 0 Å². The van der Waals surface area contributed by atoms with Crippen molar-refractivity contribution in [2.24, 2.45) is 5.92 Å². The molecule has 2 saturated heterocycles. The van der Waals surface area contributed by atoms with Gasteiger partial charge in [-0.15, -0.1) is 0 Å². The molecule has 2 heterocycles. The van der Waals surface area contributed by atoms with Gasteiger partial charge in [-0.2, -0.15) is 0 Å². The number of unbranched alkanes of at least 4 members (excludes halogenated alkanes) is 1. The SMILES string of the molecule is CC.CC.CCCCOCC1OC(OC(COC2C(O)C(CO)OC(OCCC(C)C)C2O)C(O)C(CO)OC)C(O)OC1O. The molecule has 15 heteroatoms. The third-order valence-electron chi connectivity index (χ3n) is 6.87. The van der Waals surface area contributed by atoms with E-state index in [0.717, 1.165) is 12.8 Å². The Bertz CT molecular complexity index is 686. The summed E-state index contributed by atoms with van der Waals surface area (Å²) in [5.41, 5.74) is 0. The van der Waals surface area contributed by atoms with Crippen molar-refractivity contribution in [3.63, 3.8) is 0 Å². The zero-order valence-corrected chi connectivity index (χ0v) is 28.3. The van der Waals surface area contributed by atoms with Gasteiger partial charge in [-0.1, -0.05) is 54.9 Å². The van der Waals surface area contributed by atoms with E-state index in [4.69, 9.17) is 37.9 Å². The highest BCUT2D eigenvalue weighted by molar-refractivity contribution is 4.91. The average Bonchev–Trinajstić information content (AvgIpc) is 3.03. The molecule has 0 bridgehead atoms. The normalized spacial score (nSPS) is 32.1. The first kappa shape index (κ1) is 44.4. The van der Waals surface area contributed by atoms with Crippen LogP contribution in [0, 0.1) is 5.92 Å². The van der Waals surface area contributed by atoms with Crippen molar-refractivity contribution in [2.75, 3.05) is 46.8 Å². The summed E-state index contributed by atoms with van der Waals surface area (Å²) in [7, 11) is 1.26. The van der Waals surface area contributed by atoms with E-state index in [1.165, 1.54) is 7.11 Å². The van der Waals surface area contributed by atoms with Gasteiger partial charge in [0.05, 0.1) is 33.0 Å². The van der Waals surface area contributed by atoms with Crippen LogP contribution in [0.1, 0.15) is 67.7 Å². The minimum absolute atomic E-state index is 0.0595. The fraction of sp³-hybridized carbons (Fsp3) is 1.00. The summed E-state index contributed by atoms with van der Waals surface area (Å²) in [5.74, 6) is 0.326. The highest BCUT2D eigenvalue weighted by atomic mass is 16.8. The Morgan fingerprint density at radius 1 is 0.778 bits per heavy atom. The quantitative estimate of drug-likeness (QED) is 0.0898. The molecule has 45 heavy (non-hydrogen) atoms. The molecule has 272 valence electrons. The van der Waals surface area contributed by atoms with Crippen LogP contribution in [0.5, 0.6) is 0 Å². The zero-order valence-electron chi connectivity index (χ0n) is 28.3. The second kappa shape index (κ2) is 25.4. The van der Waals surface area contributed by atoms with Gasteiger partial charge in [-0.05, 0) is 18.8 Å². The monoisotopic (exact) mass is 662 g/mol. The molecule has 2 aliphatic heterocycles. The van der Waals surface area contributed by atoms with Gasteiger partial charge >= 0.3 is 0 Å². The number of methoxy groups -OCH3 is 1. The molecule has 0 radical (unpaired) electrons. The first-order valence-electron chi connectivity index (χ1n) is 16.1. The number of ether oxygens (including phenoxy) is 8. The lowest BCUT2D eigenvalue weighted by atomic mass is 9.98. The maximum Gasteiger partial charge on any atom is 0.210 e. The lowest BCUT2D eigenvalue weighted by Crippen LogP contribution is -2.61. The smallest absolute Gasteiger partial charge is 0.210 e. The summed E-state index contributed by atoms with van der Waals surface area (Å²) >= 11 is 0. The van der Waals surface area contributed by atoms with Crippen molar-refractivity contribution in [3.8, 4) is 0 Å². The molecular formula is C30H62O15. The molecule has 2 rings (SSSR count). The Balaban J connectivity index is 0.00000464. The lowest BCUT2D eigenvalue weighted by molar-refractivity contribution is -0.400. The average molecular weight is 663 g/mol. The number of hydrogen-bond acceptors (Lipinski definition) is 15. The van der Waals surface area contributed by atoms with E-state index in [2.05, 4.69) is 0 Å².